The highest BCUT2D eigenvalue weighted by Gasteiger charge is 2.61. The van der Waals surface area contributed by atoms with E-state index in [-0.39, 0.29) is 34.8 Å². The fourth-order valence-corrected chi connectivity index (χ4v) is 6.89. The largest absolute Gasteiger partial charge is 0.454 e. The summed E-state index contributed by atoms with van der Waals surface area (Å²) < 4.78 is 18.6. The van der Waals surface area contributed by atoms with Gasteiger partial charge in [-0.25, -0.2) is 14.2 Å². The van der Waals surface area contributed by atoms with Crippen molar-refractivity contribution in [2.45, 2.75) is 19.3 Å². The Labute approximate surface area is 234 Å². The molecule has 2 aliphatic carbocycles. The molecular weight excluding hydrogens is 523 g/mol. The van der Waals surface area contributed by atoms with E-state index in [4.69, 9.17) is 9.72 Å². The van der Waals surface area contributed by atoms with Gasteiger partial charge < -0.3 is 4.74 Å². The molecule has 2 amide bonds. The number of hydrogen-bond acceptors (Lipinski definition) is 6. The van der Waals surface area contributed by atoms with Gasteiger partial charge in [0.05, 0.1) is 34.3 Å². The van der Waals surface area contributed by atoms with Crippen LogP contribution in [-0.2, 0) is 14.3 Å². The molecule has 2 heterocycles. The van der Waals surface area contributed by atoms with Gasteiger partial charge in [0.2, 0.25) is 11.8 Å². The molecule has 1 aromatic heterocycles. The number of esters is 1. The quantitative estimate of drug-likeness (QED) is 0.177. The van der Waals surface area contributed by atoms with Crippen molar-refractivity contribution in [3.05, 3.63) is 95.8 Å². The third-order valence-electron chi connectivity index (χ3n) is 8.76. The lowest BCUT2D eigenvalue weighted by atomic mass is 9.81. The SMILES string of the molecule is O=C(COC(=O)c1cc(-c2cccc(N3C(=O)[C@@H]4[C@@H]5CC[C@@H](C5)[C@@H]4C3=O)c2)nc2ccccc12)c1ccc(F)cc1. The zero-order valence-corrected chi connectivity index (χ0v) is 22.0. The van der Waals surface area contributed by atoms with Crippen LogP contribution in [0.2, 0.25) is 0 Å². The van der Waals surface area contributed by atoms with Gasteiger partial charge in [0.1, 0.15) is 5.82 Å². The minimum absolute atomic E-state index is 0.120. The van der Waals surface area contributed by atoms with Crippen molar-refractivity contribution in [2.75, 3.05) is 11.5 Å². The molecule has 7 nitrogen and oxygen atoms in total. The number of imide groups is 1. The zero-order valence-electron chi connectivity index (χ0n) is 22.0. The number of ketones is 1. The number of carbonyl (C=O) groups excluding carboxylic acids is 4. The van der Waals surface area contributed by atoms with Gasteiger partial charge in [0.15, 0.2) is 12.4 Å². The molecule has 8 heteroatoms. The smallest absolute Gasteiger partial charge is 0.339 e. The third-order valence-corrected chi connectivity index (χ3v) is 8.76. The topological polar surface area (TPSA) is 93.6 Å². The lowest BCUT2D eigenvalue weighted by Gasteiger charge is -2.19. The number of rotatable bonds is 6. The number of pyridine rings is 1. The zero-order chi connectivity index (χ0) is 28.2. The summed E-state index contributed by atoms with van der Waals surface area (Å²) in [6.07, 6.45) is 2.98. The van der Waals surface area contributed by atoms with E-state index in [0.717, 1.165) is 19.3 Å². The Morgan fingerprint density at radius 1 is 0.878 bits per heavy atom. The minimum atomic E-state index is -0.704. The molecule has 3 fully saturated rings. The van der Waals surface area contributed by atoms with Crippen LogP contribution in [0.4, 0.5) is 10.1 Å². The highest BCUT2D eigenvalue weighted by molar-refractivity contribution is 6.22. The summed E-state index contributed by atoms with van der Waals surface area (Å²) in [5.74, 6) is -1.72. The number of fused-ring (bicyclic) bond motifs is 6. The van der Waals surface area contributed by atoms with E-state index in [1.54, 1.807) is 48.5 Å². The van der Waals surface area contributed by atoms with Gasteiger partial charge in [-0.15, -0.1) is 0 Å². The Bertz CT molecular complexity index is 1720. The van der Waals surface area contributed by atoms with Crippen LogP contribution >= 0.6 is 0 Å². The Hall–Kier alpha value is -4.72. The van der Waals surface area contributed by atoms with Crippen molar-refractivity contribution >= 4 is 40.2 Å². The first-order valence-electron chi connectivity index (χ1n) is 13.7. The van der Waals surface area contributed by atoms with E-state index in [1.807, 2.05) is 6.07 Å². The minimum Gasteiger partial charge on any atom is -0.454 e. The van der Waals surface area contributed by atoms with Crippen molar-refractivity contribution in [2.24, 2.45) is 23.7 Å². The molecular formula is C33H25FN2O5. The van der Waals surface area contributed by atoms with Crippen molar-refractivity contribution in [1.29, 1.82) is 0 Å². The molecule has 2 bridgehead atoms. The van der Waals surface area contributed by atoms with Crippen LogP contribution in [0.15, 0.2) is 78.9 Å². The predicted octanol–water partition coefficient (Wildman–Crippen LogP) is 5.62. The summed E-state index contributed by atoms with van der Waals surface area (Å²) in [6, 6.07) is 20.8. The molecule has 4 aromatic rings. The number of halogens is 1. The molecule has 0 N–H and O–H groups in total. The van der Waals surface area contributed by atoms with Gasteiger partial charge in [-0.2, -0.15) is 0 Å². The van der Waals surface area contributed by atoms with Crippen molar-refractivity contribution in [1.82, 2.24) is 4.98 Å². The van der Waals surface area contributed by atoms with Gasteiger partial charge in [0, 0.05) is 16.5 Å². The molecule has 1 aliphatic heterocycles. The number of benzene rings is 3. The number of ether oxygens (including phenoxy) is 1. The van der Waals surface area contributed by atoms with Crippen LogP contribution in [0.3, 0.4) is 0 Å². The van der Waals surface area contributed by atoms with Crippen molar-refractivity contribution in [3.8, 4) is 11.3 Å². The number of hydrogen-bond donors (Lipinski definition) is 0. The molecule has 0 spiro atoms. The fraction of sp³-hybridized carbons (Fsp3) is 0.242. The Morgan fingerprint density at radius 3 is 2.32 bits per heavy atom. The molecule has 7 rings (SSSR count). The van der Waals surface area contributed by atoms with Crippen LogP contribution in [0.25, 0.3) is 22.2 Å². The lowest BCUT2D eigenvalue weighted by Crippen LogP contribution is -2.32. The van der Waals surface area contributed by atoms with Crippen LogP contribution in [0, 0.1) is 29.5 Å². The second kappa shape index (κ2) is 9.73. The first-order valence-corrected chi connectivity index (χ1v) is 13.7. The van der Waals surface area contributed by atoms with Crippen LogP contribution in [-0.4, -0.2) is 35.2 Å². The van der Waals surface area contributed by atoms with Gasteiger partial charge in [-0.3, -0.25) is 19.3 Å². The molecule has 3 aromatic carbocycles. The number of para-hydroxylation sites is 1. The Kier molecular flexibility index (Phi) is 5.99. The highest BCUT2D eigenvalue weighted by atomic mass is 19.1. The van der Waals surface area contributed by atoms with Gasteiger partial charge in [0.25, 0.3) is 0 Å². The second-order valence-electron chi connectivity index (χ2n) is 11.0. The third kappa shape index (κ3) is 4.22. The number of aromatic nitrogens is 1. The fourth-order valence-electron chi connectivity index (χ4n) is 6.89. The summed E-state index contributed by atoms with van der Waals surface area (Å²) in [6.45, 7) is -0.505. The van der Waals surface area contributed by atoms with Crippen molar-refractivity contribution in [3.63, 3.8) is 0 Å². The van der Waals surface area contributed by atoms with Crippen LogP contribution in [0.1, 0.15) is 40.0 Å². The van der Waals surface area contributed by atoms with Gasteiger partial charge in [-0.05, 0) is 79.6 Å². The predicted molar refractivity (Wildman–Crippen MR) is 148 cm³/mol. The van der Waals surface area contributed by atoms with E-state index >= 15 is 0 Å². The first-order chi connectivity index (χ1) is 19.9. The molecule has 204 valence electrons. The molecule has 1 saturated heterocycles. The molecule has 0 unspecified atom stereocenters. The summed E-state index contributed by atoms with van der Waals surface area (Å²) >= 11 is 0. The summed E-state index contributed by atoms with van der Waals surface area (Å²) in [7, 11) is 0. The van der Waals surface area contributed by atoms with E-state index in [2.05, 4.69) is 0 Å². The number of amides is 2. The monoisotopic (exact) mass is 548 g/mol. The van der Waals surface area contributed by atoms with E-state index in [9.17, 15) is 23.6 Å². The summed E-state index contributed by atoms with van der Waals surface area (Å²) in [5.41, 5.74) is 2.59. The van der Waals surface area contributed by atoms with E-state index in [1.165, 1.54) is 29.2 Å². The van der Waals surface area contributed by atoms with Gasteiger partial charge >= 0.3 is 5.97 Å². The molecule has 0 radical (unpaired) electrons. The van der Waals surface area contributed by atoms with E-state index < -0.39 is 24.2 Å². The van der Waals surface area contributed by atoms with Crippen molar-refractivity contribution < 1.29 is 28.3 Å². The number of nitrogens with zero attached hydrogens (tertiary/aromatic N) is 2. The number of Topliss-reactive ketones (excluding diaryl/α,β-unsaturated/α-hetero) is 1. The Balaban J connectivity index is 1.19. The normalized spacial score (nSPS) is 22.8. The van der Waals surface area contributed by atoms with E-state index in [0.29, 0.717) is 39.7 Å². The standard InChI is InChI=1S/C33H25FN2O5/c34-22-12-10-18(11-13-22)28(37)17-41-33(40)25-16-27(35-26-7-2-1-6-24(25)26)19-4-3-5-23(15-19)36-31(38)29-20-8-9-21(14-20)30(29)32(36)39/h1-7,10-13,15-16,20-21,29-30H,8-9,14,17H2/t20-,21+,29-,30+. The molecule has 4 atom stereocenters. The molecule has 41 heavy (non-hydrogen) atoms. The molecule has 3 aliphatic rings. The maximum Gasteiger partial charge on any atom is 0.339 e. The second-order valence-corrected chi connectivity index (χ2v) is 11.0. The number of carbonyl (C=O) groups is 4. The first kappa shape index (κ1) is 25.3. The van der Waals surface area contributed by atoms with Gasteiger partial charge in [-0.1, -0.05) is 30.3 Å². The summed E-state index contributed by atoms with van der Waals surface area (Å²) in [4.78, 5) is 58.6. The summed E-state index contributed by atoms with van der Waals surface area (Å²) in [5, 5.41) is 0.555. The molecule has 2 saturated carbocycles. The average molecular weight is 549 g/mol. The maximum atomic E-state index is 13.4. The Morgan fingerprint density at radius 2 is 1.59 bits per heavy atom. The number of anilines is 1. The lowest BCUT2D eigenvalue weighted by molar-refractivity contribution is -0.123. The average Bonchev–Trinajstić information content (AvgIpc) is 3.69. The van der Waals surface area contributed by atoms with Crippen LogP contribution < -0.4 is 4.90 Å². The maximum absolute atomic E-state index is 13.4. The van der Waals surface area contributed by atoms with Crippen LogP contribution in [0.5, 0.6) is 0 Å². The highest BCUT2D eigenvalue weighted by Crippen LogP contribution is 2.56.